The molecule has 0 bridgehead atoms. The Morgan fingerprint density at radius 2 is 1.47 bits per heavy atom. The van der Waals surface area contributed by atoms with Crippen LogP contribution >= 0.6 is 0 Å². The Morgan fingerprint density at radius 1 is 0.833 bits per heavy atom. The maximum Gasteiger partial charge on any atom is 0.243 e. The number of benzene rings is 3. The third-order valence-corrected chi connectivity index (χ3v) is 6.09. The number of carbonyl (C=O) groups is 2. The van der Waals surface area contributed by atoms with Crippen LogP contribution in [0.4, 0.5) is 0 Å². The fraction of sp³-hybridized carbons (Fsp3) is 0.333. The van der Waals surface area contributed by atoms with Crippen LogP contribution in [-0.2, 0) is 29.0 Å². The number of nitrogens with zero attached hydrogens (tertiary/aromatic N) is 1. The smallest absolute Gasteiger partial charge is 0.243 e. The third kappa shape index (κ3) is 7.60. The molecule has 6 nitrogen and oxygen atoms in total. The lowest BCUT2D eigenvalue weighted by Gasteiger charge is -2.31. The molecule has 3 aromatic carbocycles. The van der Waals surface area contributed by atoms with Gasteiger partial charge in [-0.3, -0.25) is 9.59 Å². The van der Waals surface area contributed by atoms with E-state index in [0.29, 0.717) is 37.4 Å². The van der Waals surface area contributed by atoms with E-state index >= 15 is 0 Å². The van der Waals surface area contributed by atoms with Gasteiger partial charge in [0.15, 0.2) is 11.5 Å². The minimum absolute atomic E-state index is 0.0683. The largest absolute Gasteiger partial charge is 0.493 e. The molecule has 2 amide bonds. The molecule has 0 heterocycles. The van der Waals surface area contributed by atoms with Crippen LogP contribution in [0.2, 0.25) is 0 Å². The first-order chi connectivity index (χ1) is 17.5. The molecular weight excluding hydrogens is 452 g/mol. The Labute approximate surface area is 214 Å². The highest BCUT2D eigenvalue weighted by atomic mass is 16.5. The highest BCUT2D eigenvalue weighted by Crippen LogP contribution is 2.28. The summed E-state index contributed by atoms with van der Waals surface area (Å²) in [5.41, 5.74) is 2.97. The molecule has 6 heteroatoms. The van der Waals surface area contributed by atoms with Gasteiger partial charge in [-0.15, -0.1) is 0 Å². The lowest BCUT2D eigenvalue weighted by molar-refractivity contribution is -0.141. The Hall–Kier alpha value is -3.80. The molecule has 0 saturated carbocycles. The monoisotopic (exact) mass is 488 g/mol. The van der Waals surface area contributed by atoms with Crippen molar-refractivity contribution in [3.63, 3.8) is 0 Å². The van der Waals surface area contributed by atoms with Gasteiger partial charge < -0.3 is 19.7 Å². The van der Waals surface area contributed by atoms with Crippen molar-refractivity contribution in [2.75, 3.05) is 20.8 Å². The Morgan fingerprint density at radius 3 is 2.08 bits per heavy atom. The van der Waals surface area contributed by atoms with E-state index in [4.69, 9.17) is 9.47 Å². The second-order valence-corrected chi connectivity index (χ2v) is 8.69. The SMILES string of the molecule is CCCNC(=O)C(Cc1ccccc1)N(Cc1ccccc1)C(=O)CCc1ccc(OC)c(OC)c1. The molecule has 36 heavy (non-hydrogen) atoms. The molecule has 0 saturated heterocycles. The van der Waals surface area contributed by atoms with Gasteiger partial charge in [0.25, 0.3) is 0 Å². The minimum Gasteiger partial charge on any atom is -0.493 e. The predicted octanol–water partition coefficient (Wildman–Crippen LogP) is 4.80. The number of ether oxygens (including phenoxy) is 2. The molecule has 1 atom stereocenters. The van der Waals surface area contributed by atoms with Crippen LogP contribution in [0, 0.1) is 0 Å². The summed E-state index contributed by atoms with van der Waals surface area (Å²) in [5.74, 6) is 1.08. The summed E-state index contributed by atoms with van der Waals surface area (Å²) in [4.78, 5) is 28.8. The predicted molar refractivity (Wildman–Crippen MR) is 142 cm³/mol. The maximum atomic E-state index is 13.7. The van der Waals surface area contributed by atoms with E-state index < -0.39 is 6.04 Å². The second-order valence-electron chi connectivity index (χ2n) is 8.69. The van der Waals surface area contributed by atoms with Crippen LogP contribution in [0.3, 0.4) is 0 Å². The van der Waals surface area contributed by atoms with Crippen LogP contribution in [0.5, 0.6) is 11.5 Å². The molecule has 0 aliphatic rings. The summed E-state index contributed by atoms with van der Waals surface area (Å²) >= 11 is 0. The van der Waals surface area contributed by atoms with Crippen molar-refractivity contribution in [3.8, 4) is 11.5 Å². The number of aryl methyl sites for hydroxylation is 1. The number of methoxy groups -OCH3 is 2. The molecular formula is C30H36N2O4. The van der Waals surface area contributed by atoms with Crippen molar-refractivity contribution in [2.45, 2.75) is 45.2 Å². The van der Waals surface area contributed by atoms with Crippen LogP contribution in [-0.4, -0.2) is 43.5 Å². The zero-order chi connectivity index (χ0) is 25.8. The van der Waals surface area contributed by atoms with Crippen molar-refractivity contribution in [3.05, 3.63) is 95.6 Å². The second kappa shape index (κ2) is 13.9. The summed E-state index contributed by atoms with van der Waals surface area (Å²) in [6.45, 7) is 2.95. The fourth-order valence-electron chi connectivity index (χ4n) is 4.13. The van der Waals surface area contributed by atoms with Crippen molar-refractivity contribution < 1.29 is 19.1 Å². The summed E-state index contributed by atoms with van der Waals surface area (Å²) in [7, 11) is 3.19. The first-order valence-corrected chi connectivity index (χ1v) is 12.4. The number of rotatable bonds is 13. The number of amides is 2. The first kappa shape index (κ1) is 26.8. The molecule has 0 radical (unpaired) electrons. The van der Waals surface area contributed by atoms with E-state index in [1.54, 1.807) is 19.1 Å². The topological polar surface area (TPSA) is 67.9 Å². The maximum absolute atomic E-state index is 13.7. The molecule has 0 aliphatic heterocycles. The van der Waals surface area contributed by atoms with Gasteiger partial charge >= 0.3 is 0 Å². The first-order valence-electron chi connectivity index (χ1n) is 12.4. The van der Waals surface area contributed by atoms with Gasteiger partial charge in [-0.1, -0.05) is 73.7 Å². The Bertz CT molecular complexity index is 1100. The molecule has 3 rings (SSSR count). The molecule has 0 aromatic heterocycles. The van der Waals surface area contributed by atoms with Gasteiger partial charge in [-0.05, 0) is 41.7 Å². The molecule has 0 aliphatic carbocycles. The van der Waals surface area contributed by atoms with Crippen molar-refractivity contribution in [1.82, 2.24) is 10.2 Å². The molecule has 3 aromatic rings. The van der Waals surface area contributed by atoms with Gasteiger partial charge in [0.2, 0.25) is 11.8 Å². The van der Waals surface area contributed by atoms with Crippen molar-refractivity contribution in [1.29, 1.82) is 0 Å². The fourth-order valence-corrected chi connectivity index (χ4v) is 4.13. The zero-order valence-electron chi connectivity index (χ0n) is 21.4. The van der Waals surface area contributed by atoms with Gasteiger partial charge in [0.05, 0.1) is 14.2 Å². The number of nitrogens with one attached hydrogen (secondary N) is 1. The average Bonchev–Trinajstić information content (AvgIpc) is 2.93. The molecule has 1 N–H and O–H groups in total. The van der Waals surface area contributed by atoms with Gasteiger partial charge in [-0.2, -0.15) is 0 Å². The average molecular weight is 489 g/mol. The van der Waals surface area contributed by atoms with E-state index in [1.165, 1.54) is 0 Å². The number of hydrogen-bond donors (Lipinski definition) is 1. The van der Waals surface area contributed by atoms with E-state index in [1.807, 2.05) is 85.8 Å². The van der Waals surface area contributed by atoms with Crippen LogP contribution < -0.4 is 14.8 Å². The van der Waals surface area contributed by atoms with E-state index in [0.717, 1.165) is 23.1 Å². The summed E-state index contributed by atoms with van der Waals surface area (Å²) in [6, 6.07) is 24.7. The molecule has 0 spiro atoms. The van der Waals surface area contributed by atoms with Crippen molar-refractivity contribution >= 4 is 11.8 Å². The normalized spacial score (nSPS) is 11.4. The van der Waals surface area contributed by atoms with Gasteiger partial charge in [0.1, 0.15) is 6.04 Å². The van der Waals surface area contributed by atoms with Crippen LogP contribution in [0.15, 0.2) is 78.9 Å². The van der Waals surface area contributed by atoms with E-state index in [-0.39, 0.29) is 18.2 Å². The number of hydrogen-bond acceptors (Lipinski definition) is 4. The van der Waals surface area contributed by atoms with Crippen LogP contribution in [0.1, 0.15) is 36.5 Å². The molecule has 1 unspecified atom stereocenters. The summed E-state index contributed by atoms with van der Waals surface area (Å²) < 4.78 is 10.7. The highest BCUT2D eigenvalue weighted by Gasteiger charge is 2.30. The standard InChI is InChI=1S/C30H36N2O4/c1-4-19-31-30(34)26(20-23-11-7-5-8-12-23)32(22-25-13-9-6-10-14-25)29(33)18-16-24-15-17-27(35-2)28(21-24)36-3/h5-15,17,21,26H,4,16,18-20,22H2,1-3H3,(H,31,34). The lowest BCUT2D eigenvalue weighted by Crippen LogP contribution is -2.50. The highest BCUT2D eigenvalue weighted by molar-refractivity contribution is 5.88. The minimum atomic E-state index is -0.614. The Balaban J connectivity index is 1.86. The summed E-state index contributed by atoms with van der Waals surface area (Å²) in [5, 5.41) is 3.01. The zero-order valence-corrected chi connectivity index (χ0v) is 21.4. The lowest BCUT2D eigenvalue weighted by atomic mass is 10.0. The Kier molecular flexibility index (Phi) is 10.4. The number of carbonyl (C=O) groups excluding carboxylic acids is 2. The van der Waals surface area contributed by atoms with E-state index in [2.05, 4.69) is 5.32 Å². The van der Waals surface area contributed by atoms with E-state index in [9.17, 15) is 9.59 Å². The van der Waals surface area contributed by atoms with Crippen LogP contribution in [0.25, 0.3) is 0 Å². The molecule has 0 fully saturated rings. The van der Waals surface area contributed by atoms with Crippen molar-refractivity contribution in [2.24, 2.45) is 0 Å². The third-order valence-electron chi connectivity index (χ3n) is 6.09. The quantitative estimate of drug-likeness (QED) is 0.375. The summed E-state index contributed by atoms with van der Waals surface area (Å²) in [6.07, 6.45) is 2.08. The molecule has 190 valence electrons. The van der Waals surface area contributed by atoms with Gasteiger partial charge in [-0.25, -0.2) is 0 Å². The van der Waals surface area contributed by atoms with Gasteiger partial charge in [0, 0.05) is 25.9 Å².